The van der Waals surface area contributed by atoms with Crippen molar-refractivity contribution >= 4 is 15.9 Å². The molecule has 0 spiro atoms. The third-order valence-electron chi connectivity index (χ3n) is 5.27. The molecule has 0 aromatic heterocycles. The van der Waals surface area contributed by atoms with Gasteiger partial charge in [0.1, 0.15) is 11.9 Å². The maximum atomic E-state index is 13.9. The van der Waals surface area contributed by atoms with Gasteiger partial charge in [-0.15, -0.1) is 0 Å². The number of hydrogen-bond donors (Lipinski definition) is 1. The number of carbonyl (C=O) groups is 1. The van der Waals surface area contributed by atoms with Gasteiger partial charge in [0.25, 0.3) is 0 Å². The Morgan fingerprint density at radius 3 is 2.30 bits per heavy atom. The van der Waals surface area contributed by atoms with Gasteiger partial charge < -0.3 is 5.32 Å². The fourth-order valence-corrected chi connectivity index (χ4v) is 5.23. The molecule has 1 N–H and O–H groups in total. The third kappa shape index (κ3) is 3.99. The molecule has 0 fully saturated rings. The molecular weight excluding hydrogens is 403 g/mol. The number of nitrogens with one attached hydrogen (secondary N) is 1. The number of benzene rings is 3. The molecule has 0 radical (unpaired) electrons. The highest BCUT2D eigenvalue weighted by Crippen LogP contribution is 2.29. The number of hydrogen-bond acceptors (Lipinski definition) is 3. The summed E-state index contributed by atoms with van der Waals surface area (Å²) in [4.78, 5) is 13.2. The summed E-state index contributed by atoms with van der Waals surface area (Å²) in [6.45, 7) is 0.0913. The smallest absolute Gasteiger partial charge is 0.244 e. The normalized spacial score (nSPS) is 16.6. The summed E-state index contributed by atoms with van der Waals surface area (Å²) in [6, 6.07) is 20.8. The van der Waals surface area contributed by atoms with Gasteiger partial charge in [-0.2, -0.15) is 4.31 Å². The largest absolute Gasteiger partial charge is 0.351 e. The van der Waals surface area contributed by atoms with Crippen LogP contribution in [0.2, 0.25) is 0 Å². The lowest BCUT2D eigenvalue weighted by Gasteiger charge is -2.35. The van der Waals surface area contributed by atoms with Crippen molar-refractivity contribution in [2.45, 2.75) is 30.4 Å². The van der Waals surface area contributed by atoms with E-state index in [1.165, 1.54) is 22.5 Å². The molecule has 1 aliphatic rings. The fourth-order valence-electron chi connectivity index (χ4n) is 3.64. The van der Waals surface area contributed by atoms with Gasteiger partial charge >= 0.3 is 0 Å². The lowest BCUT2D eigenvalue weighted by Crippen LogP contribution is -2.52. The van der Waals surface area contributed by atoms with Crippen molar-refractivity contribution in [3.63, 3.8) is 0 Å². The molecule has 3 aromatic rings. The highest BCUT2D eigenvalue weighted by molar-refractivity contribution is 7.89. The molecule has 5 nitrogen and oxygen atoms in total. The summed E-state index contributed by atoms with van der Waals surface area (Å²) in [5, 5.41) is 2.71. The molecule has 0 saturated heterocycles. The number of carbonyl (C=O) groups excluding carboxylic acids is 1. The molecular formula is C23H21FN2O3S. The third-order valence-corrected chi connectivity index (χ3v) is 7.14. The van der Waals surface area contributed by atoms with Crippen molar-refractivity contribution in [1.29, 1.82) is 0 Å². The zero-order valence-corrected chi connectivity index (χ0v) is 17.0. The topological polar surface area (TPSA) is 66.5 Å². The van der Waals surface area contributed by atoms with E-state index in [-0.39, 0.29) is 24.4 Å². The minimum atomic E-state index is -3.89. The second-order valence-corrected chi connectivity index (χ2v) is 9.05. The van der Waals surface area contributed by atoms with E-state index in [1.807, 2.05) is 24.3 Å². The molecule has 1 amide bonds. The van der Waals surface area contributed by atoms with Crippen LogP contribution in [-0.2, 0) is 34.3 Å². The minimum absolute atomic E-state index is 0.0110. The predicted octanol–water partition coefficient (Wildman–Crippen LogP) is 3.26. The lowest BCUT2D eigenvalue weighted by molar-refractivity contribution is -0.125. The number of nitrogens with zero attached hydrogens (tertiary/aromatic N) is 1. The van der Waals surface area contributed by atoms with Gasteiger partial charge in [-0.1, -0.05) is 60.7 Å². The molecule has 0 saturated carbocycles. The molecule has 1 aliphatic heterocycles. The molecule has 7 heteroatoms. The van der Waals surface area contributed by atoms with Crippen LogP contribution in [0.25, 0.3) is 0 Å². The Morgan fingerprint density at radius 1 is 0.933 bits per heavy atom. The summed E-state index contributed by atoms with van der Waals surface area (Å²) in [6.07, 6.45) is 0.255. The first kappa shape index (κ1) is 20.3. The van der Waals surface area contributed by atoms with Gasteiger partial charge in [-0.05, 0) is 35.7 Å². The lowest BCUT2D eigenvalue weighted by atomic mass is 9.95. The molecule has 0 aliphatic carbocycles. The molecule has 154 valence electrons. The highest BCUT2D eigenvalue weighted by atomic mass is 32.2. The van der Waals surface area contributed by atoms with Gasteiger partial charge in [0.15, 0.2) is 0 Å². The average molecular weight is 424 g/mol. The number of sulfonamides is 1. The number of fused-ring (bicyclic) bond motifs is 1. The quantitative estimate of drug-likeness (QED) is 0.684. The van der Waals surface area contributed by atoms with E-state index >= 15 is 0 Å². The van der Waals surface area contributed by atoms with Gasteiger partial charge in [-0.3, -0.25) is 4.79 Å². The monoisotopic (exact) mass is 424 g/mol. The van der Waals surface area contributed by atoms with Crippen LogP contribution in [0.1, 0.15) is 16.7 Å². The Balaban J connectivity index is 1.64. The van der Waals surface area contributed by atoms with E-state index in [1.54, 1.807) is 36.4 Å². The molecule has 1 heterocycles. The van der Waals surface area contributed by atoms with Crippen LogP contribution in [0.3, 0.4) is 0 Å². The van der Waals surface area contributed by atoms with Crippen LogP contribution in [-0.4, -0.2) is 24.7 Å². The maximum Gasteiger partial charge on any atom is 0.244 e. The summed E-state index contributed by atoms with van der Waals surface area (Å²) in [5.74, 6) is -0.868. The van der Waals surface area contributed by atoms with E-state index in [0.717, 1.165) is 11.1 Å². The minimum Gasteiger partial charge on any atom is -0.351 e. The second-order valence-electron chi connectivity index (χ2n) is 7.16. The Labute approximate surface area is 175 Å². The molecule has 30 heavy (non-hydrogen) atoms. The Hall–Kier alpha value is -3.03. The Bertz CT molecular complexity index is 1170. The predicted molar refractivity (Wildman–Crippen MR) is 111 cm³/mol. The SMILES string of the molecule is O=C(NCc1ccccc1F)C1Cc2ccccc2CN1S(=O)(=O)c1ccccc1. The van der Waals surface area contributed by atoms with Crippen molar-refractivity contribution in [2.75, 3.05) is 0 Å². The number of amides is 1. The first-order valence-electron chi connectivity index (χ1n) is 9.61. The number of halogens is 1. The van der Waals surface area contributed by atoms with Crippen LogP contribution in [0.4, 0.5) is 4.39 Å². The second kappa shape index (κ2) is 8.38. The first-order chi connectivity index (χ1) is 14.5. The van der Waals surface area contributed by atoms with Gasteiger partial charge in [0, 0.05) is 18.7 Å². The fraction of sp³-hybridized carbons (Fsp3) is 0.174. The van der Waals surface area contributed by atoms with Crippen LogP contribution < -0.4 is 5.32 Å². The zero-order chi connectivity index (χ0) is 21.1. The van der Waals surface area contributed by atoms with Gasteiger partial charge in [0.2, 0.25) is 15.9 Å². The average Bonchev–Trinajstić information content (AvgIpc) is 2.78. The van der Waals surface area contributed by atoms with Gasteiger partial charge in [-0.25, -0.2) is 12.8 Å². The van der Waals surface area contributed by atoms with E-state index in [9.17, 15) is 17.6 Å². The van der Waals surface area contributed by atoms with Crippen LogP contribution in [0.5, 0.6) is 0 Å². The Morgan fingerprint density at radius 2 is 1.57 bits per heavy atom. The van der Waals surface area contributed by atoms with Crippen LogP contribution in [0.15, 0.2) is 83.8 Å². The van der Waals surface area contributed by atoms with Crippen LogP contribution in [0, 0.1) is 5.82 Å². The summed E-state index contributed by atoms with van der Waals surface area (Å²) < 4.78 is 41.8. The summed E-state index contributed by atoms with van der Waals surface area (Å²) >= 11 is 0. The molecule has 1 atom stereocenters. The van der Waals surface area contributed by atoms with Crippen molar-refractivity contribution in [3.05, 3.63) is 101 Å². The molecule has 0 bridgehead atoms. The summed E-state index contributed by atoms with van der Waals surface area (Å²) in [7, 11) is -3.89. The molecule has 3 aromatic carbocycles. The zero-order valence-electron chi connectivity index (χ0n) is 16.2. The Kier molecular flexibility index (Phi) is 5.65. The van der Waals surface area contributed by atoms with E-state index in [2.05, 4.69) is 5.32 Å². The standard InChI is InChI=1S/C23H21FN2O3S/c24-21-13-7-6-9-18(21)15-25-23(27)22-14-17-8-4-5-10-19(17)16-26(22)30(28,29)20-11-2-1-3-12-20/h1-13,22H,14-16H2,(H,25,27). The van der Waals surface area contributed by atoms with E-state index < -0.39 is 27.8 Å². The molecule has 1 unspecified atom stereocenters. The maximum absolute atomic E-state index is 13.9. The van der Waals surface area contributed by atoms with E-state index in [0.29, 0.717) is 5.56 Å². The number of rotatable bonds is 5. The first-order valence-corrected chi connectivity index (χ1v) is 11.1. The van der Waals surface area contributed by atoms with Crippen molar-refractivity contribution < 1.29 is 17.6 Å². The summed E-state index contributed by atoms with van der Waals surface area (Å²) in [5.41, 5.74) is 2.15. The highest BCUT2D eigenvalue weighted by Gasteiger charge is 2.39. The van der Waals surface area contributed by atoms with Crippen LogP contribution >= 0.6 is 0 Å². The van der Waals surface area contributed by atoms with E-state index in [4.69, 9.17) is 0 Å². The van der Waals surface area contributed by atoms with Crippen molar-refractivity contribution in [3.8, 4) is 0 Å². The van der Waals surface area contributed by atoms with Crippen molar-refractivity contribution in [2.24, 2.45) is 0 Å². The van der Waals surface area contributed by atoms with Gasteiger partial charge in [0.05, 0.1) is 4.90 Å². The molecule has 4 rings (SSSR count). The van der Waals surface area contributed by atoms with Crippen molar-refractivity contribution in [1.82, 2.24) is 9.62 Å².